The number of quaternary nitrogens is 1. The van der Waals surface area contributed by atoms with Crippen molar-refractivity contribution in [3.63, 3.8) is 0 Å². The first kappa shape index (κ1) is 24.9. The number of nitrogens with one attached hydrogen (secondary N) is 3. The van der Waals surface area contributed by atoms with E-state index < -0.39 is 10.0 Å². The Morgan fingerprint density at radius 3 is 2.37 bits per heavy atom. The number of ether oxygens (including phenoxy) is 1. The monoisotopic (exact) mass is 515 g/mol. The first-order chi connectivity index (χ1) is 16.9. The molecule has 0 spiro atoms. The summed E-state index contributed by atoms with van der Waals surface area (Å²) in [4.78, 5) is 26.1. The number of methoxy groups -OCH3 is 1. The maximum atomic E-state index is 12.6. The number of nitrogens with zero attached hydrogens (tertiary/aromatic N) is 1. The van der Waals surface area contributed by atoms with Gasteiger partial charge in [-0.1, -0.05) is 18.2 Å². The minimum atomic E-state index is -3.46. The fourth-order valence-corrected chi connectivity index (χ4v) is 6.42. The van der Waals surface area contributed by atoms with E-state index in [2.05, 4.69) is 10.6 Å². The van der Waals surface area contributed by atoms with Crippen molar-refractivity contribution >= 4 is 44.5 Å². The van der Waals surface area contributed by atoms with Crippen LogP contribution < -0.4 is 20.3 Å². The van der Waals surface area contributed by atoms with Crippen LogP contribution in [0.4, 0.5) is 11.4 Å². The summed E-state index contributed by atoms with van der Waals surface area (Å²) in [6, 6.07) is 17.1. The molecule has 0 aliphatic carbocycles. The SMILES string of the molecule is COc1ccccc1NC(=O)c1ccc(NC(=O)C[NH+]2CCN(S(=O)(=O)c3cccs3)CC2)cc1. The van der Waals surface area contributed by atoms with Gasteiger partial charge >= 0.3 is 0 Å². The molecule has 1 saturated heterocycles. The summed E-state index contributed by atoms with van der Waals surface area (Å²) in [6.45, 7) is 2.10. The summed E-state index contributed by atoms with van der Waals surface area (Å²) in [5.41, 5.74) is 1.60. The van der Waals surface area contributed by atoms with E-state index in [0.717, 1.165) is 4.90 Å². The molecule has 11 heteroatoms. The van der Waals surface area contributed by atoms with Crippen molar-refractivity contribution in [2.45, 2.75) is 4.21 Å². The van der Waals surface area contributed by atoms with Crippen LogP contribution in [0.1, 0.15) is 10.4 Å². The average molecular weight is 516 g/mol. The summed E-state index contributed by atoms with van der Waals surface area (Å²) in [7, 11) is -1.92. The van der Waals surface area contributed by atoms with E-state index in [-0.39, 0.29) is 18.4 Å². The van der Waals surface area contributed by atoms with E-state index in [1.165, 1.54) is 22.8 Å². The number of para-hydroxylation sites is 2. The van der Waals surface area contributed by atoms with Gasteiger partial charge in [0.15, 0.2) is 6.54 Å². The minimum absolute atomic E-state index is 0.166. The molecule has 1 aromatic heterocycles. The third-order valence-corrected chi connectivity index (χ3v) is 8.99. The molecular weight excluding hydrogens is 488 g/mol. The van der Waals surface area contributed by atoms with Crippen LogP contribution in [-0.2, 0) is 14.8 Å². The lowest BCUT2D eigenvalue weighted by Gasteiger charge is -2.30. The summed E-state index contributed by atoms with van der Waals surface area (Å²) in [6.07, 6.45) is 0. The Labute approximate surface area is 208 Å². The molecule has 0 radical (unpaired) electrons. The summed E-state index contributed by atoms with van der Waals surface area (Å²) >= 11 is 1.21. The number of piperazine rings is 1. The van der Waals surface area contributed by atoms with Gasteiger partial charge in [-0.3, -0.25) is 9.59 Å². The third kappa shape index (κ3) is 6.06. The molecule has 0 atom stereocenters. The first-order valence-corrected chi connectivity index (χ1v) is 13.4. The summed E-state index contributed by atoms with van der Waals surface area (Å²) in [5.74, 6) is 0.116. The highest BCUT2D eigenvalue weighted by atomic mass is 32.2. The van der Waals surface area contributed by atoms with Crippen LogP contribution in [0.15, 0.2) is 70.3 Å². The third-order valence-electron chi connectivity index (χ3n) is 5.72. The van der Waals surface area contributed by atoms with Gasteiger partial charge in [-0.05, 0) is 47.8 Å². The van der Waals surface area contributed by atoms with E-state index in [9.17, 15) is 18.0 Å². The van der Waals surface area contributed by atoms with Crippen LogP contribution in [0.5, 0.6) is 5.75 Å². The van der Waals surface area contributed by atoms with Gasteiger partial charge in [0.05, 0.1) is 39.0 Å². The van der Waals surface area contributed by atoms with Crippen molar-refractivity contribution in [2.75, 3.05) is 50.5 Å². The van der Waals surface area contributed by atoms with Crippen LogP contribution >= 0.6 is 11.3 Å². The van der Waals surface area contributed by atoms with E-state index in [1.807, 2.05) is 6.07 Å². The normalized spacial score (nSPS) is 14.9. The Hall–Kier alpha value is -3.25. The standard InChI is InChI=1S/C24H26N4O5S2/c1-33-21-6-3-2-5-20(21)26-24(30)18-8-10-19(11-9-18)25-22(29)17-27-12-14-28(15-13-27)35(31,32)23-7-4-16-34-23/h2-11,16H,12-15,17H2,1H3,(H,25,29)(H,26,30)/p+1. The topological polar surface area (TPSA) is 109 Å². The number of hydrogen-bond acceptors (Lipinski definition) is 6. The zero-order valence-electron chi connectivity index (χ0n) is 19.2. The number of thiophene rings is 1. The van der Waals surface area contributed by atoms with Crippen LogP contribution in [-0.4, -0.2) is 64.4 Å². The van der Waals surface area contributed by atoms with Gasteiger partial charge in [0.1, 0.15) is 9.96 Å². The lowest BCUT2D eigenvalue weighted by atomic mass is 10.2. The van der Waals surface area contributed by atoms with Gasteiger partial charge in [0.25, 0.3) is 21.8 Å². The Bertz CT molecular complexity index is 1270. The molecule has 2 heterocycles. The first-order valence-electron chi connectivity index (χ1n) is 11.1. The average Bonchev–Trinajstić information content (AvgIpc) is 3.41. The molecule has 1 aliphatic heterocycles. The second kappa shape index (κ2) is 11.0. The van der Waals surface area contributed by atoms with Crippen molar-refractivity contribution in [1.29, 1.82) is 0 Å². The molecule has 35 heavy (non-hydrogen) atoms. The number of amides is 2. The molecule has 0 unspecified atom stereocenters. The van der Waals surface area contributed by atoms with E-state index in [0.29, 0.717) is 53.1 Å². The minimum Gasteiger partial charge on any atom is -0.495 e. The highest BCUT2D eigenvalue weighted by molar-refractivity contribution is 7.91. The van der Waals surface area contributed by atoms with Crippen molar-refractivity contribution in [3.8, 4) is 5.75 Å². The molecule has 0 saturated carbocycles. The summed E-state index contributed by atoms with van der Waals surface area (Å²) < 4.78 is 32.4. The van der Waals surface area contributed by atoms with Crippen LogP contribution in [0.3, 0.4) is 0 Å². The van der Waals surface area contributed by atoms with E-state index in [1.54, 1.807) is 60.0 Å². The Kier molecular flexibility index (Phi) is 7.81. The number of benzene rings is 2. The van der Waals surface area contributed by atoms with Gasteiger partial charge in [-0.15, -0.1) is 11.3 Å². The highest BCUT2D eigenvalue weighted by Gasteiger charge is 2.31. The maximum Gasteiger partial charge on any atom is 0.279 e. The number of sulfonamides is 1. The van der Waals surface area contributed by atoms with E-state index in [4.69, 9.17) is 4.74 Å². The Morgan fingerprint density at radius 2 is 1.71 bits per heavy atom. The maximum absolute atomic E-state index is 12.6. The zero-order chi connectivity index (χ0) is 24.8. The molecule has 4 rings (SSSR count). The molecule has 3 N–H and O–H groups in total. The molecule has 9 nitrogen and oxygen atoms in total. The van der Waals surface area contributed by atoms with Crippen molar-refractivity contribution in [3.05, 3.63) is 71.6 Å². The van der Waals surface area contributed by atoms with E-state index >= 15 is 0 Å². The number of carbonyl (C=O) groups is 2. The van der Waals surface area contributed by atoms with Crippen molar-refractivity contribution < 1.29 is 27.6 Å². The molecule has 184 valence electrons. The van der Waals surface area contributed by atoms with Crippen LogP contribution in [0, 0.1) is 0 Å². The van der Waals surface area contributed by atoms with Crippen LogP contribution in [0.25, 0.3) is 0 Å². The van der Waals surface area contributed by atoms with Gasteiger partial charge in [0.2, 0.25) is 0 Å². The van der Waals surface area contributed by atoms with Crippen molar-refractivity contribution in [1.82, 2.24) is 4.31 Å². The molecule has 1 aliphatic rings. The van der Waals surface area contributed by atoms with Gasteiger partial charge in [0, 0.05) is 11.3 Å². The number of rotatable bonds is 8. The van der Waals surface area contributed by atoms with Gasteiger partial charge < -0.3 is 20.3 Å². The molecule has 2 amide bonds. The predicted molar refractivity (Wildman–Crippen MR) is 135 cm³/mol. The number of anilines is 2. The van der Waals surface area contributed by atoms with Crippen molar-refractivity contribution in [2.24, 2.45) is 0 Å². The lowest BCUT2D eigenvalue weighted by Crippen LogP contribution is -3.15. The number of carbonyl (C=O) groups excluding carboxylic acids is 2. The quantitative estimate of drug-likeness (QED) is 0.422. The highest BCUT2D eigenvalue weighted by Crippen LogP contribution is 2.24. The molecule has 1 fully saturated rings. The molecular formula is C24H27N4O5S2+. The Balaban J connectivity index is 1.26. The second-order valence-corrected chi connectivity index (χ2v) is 11.2. The fraction of sp³-hybridized carbons (Fsp3) is 0.250. The zero-order valence-corrected chi connectivity index (χ0v) is 20.8. The second-order valence-electron chi connectivity index (χ2n) is 8.04. The van der Waals surface area contributed by atoms with Crippen LogP contribution in [0.2, 0.25) is 0 Å². The smallest absolute Gasteiger partial charge is 0.279 e. The predicted octanol–water partition coefficient (Wildman–Crippen LogP) is 1.54. The largest absolute Gasteiger partial charge is 0.495 e. The van der Waals surface area contributed by atoms with Gasteiger partial charge in [-0.2, -0.15) is 4.31 Å². The summed E-state index contributed by atoms with van der Waals surface area (Å²) in [5, 5.41) is 7.41. The van der Waals surface area contributed by atoms with Gasteiger partial charge in [-0.25, -0.2) is 8.42 Å². The number of hydrogen-bond donors (Lipinski definition) is 3. The molecule has 3 aromatic rings. The fourth-order valence-electron chi connectivity index (χ4n) is 3.84. The Morgan fingerprint density at radius 1 is 1.00 bits per heavy atom. The molecule has 0 bridgehead atoms. The molecule has 2 aromatic carbocycles. The lowest BCUT2D eigenvalue weighted by molar-refractivity contribution is -0.895.